The van der Waals surface area contributed by atoms with Gasteiger partial charge in [-0.05, 0) is 89.2 Å². The van der Waals surface area contributed by atoms with Gasteiger partial charge in [-0.2, -0.15) is 6.67 Å². The van der Waals surface area contributed by atoms with Gasteiger partial charge >= 0.3 is 106 Å². The van der Waals surface area contributed by atoms with Crippen molar-refractivity contribution in [1.29, 1.82) is 0 Å². The Morgan fingerprint density at radius 3 is 1.96 bits per heavy atom. The molecule has 1 fully saturated rings. The Labute approximate surface area is 292 Å². The van der Waals surface area contributed by atoms with E-state index < -0.39 is 22.1 Å². The van der Waals surface area contributed by atoms with Crippen molar-refractivity contribution in [2.24, 2.45) is 0 Å². The molecule has 0 aliphatic carbocycles. The summed E-state index contributed by atoms with van der Waals surface area (Å²) in [6.07, 6.45) is 3.21. The van der Waals surface area contributed by atoms with Gasteiger partial charge in [0.15, 0.2) is 0 Å². The normalized spacial score (nSPS) is 15.0. The Balaban J connectivity index is 0.000000344. The second-order valence-corrected chi connectivity index (χ2v) is 21.8. The number of hydrogen-bond acceptors (Lipinski definition) is 5. The number of benzene rings is 3. The minimum absolute atomic E-state index is 0.419. The molecule has 1 aliphatic rings. The summed E-state index contributed by atoms with van der Waals surface area (Å²) in [4.78, 5) is 5.00. The van der Waals surface area contributed by atoms with Crippen LogP contribution in [0.3, 0.4) is 0 Å². The zero-order valence-corrected chi connectivity index (χ0v) is 33.6. The van der Waals surface area contributed by atoms with E-state index in [9.17, 15) is 0 Å². The molecule has 1 aliphatic heterocycles. The molecule has 3 aromatic carbocycles. The van der Waals surface area contributed by atoms with Crippen molar-refractivity contribution in [3.05, 3.63) is 94.1 Å². The van der Waals surface area contributed by atoms with Crippen LogP contribution in [0.1, 0.15) is 65.1 Å². The maximum absolute atomic E-state index is 5.82. The summed E-state index contributed by atoms with van der Waals surface area (Å²) in [6, 6.07) is 18.4. The summed E-state index contributed by atoms with van der Waals surface area (Å²) in [5, 5.41) is 0. The van der Waals surface area contributed by atoms with E-state index in [1.165, 1.54) is 44.8 Å². The first-order valence-electron chi connectivity index (χ1n) is 16.0. The predicted octanol–water partition coefficient (Wildman–Crippen LogP) is 10.0. The molecule has 0 aromatic heterocycles. The van der Waals surface area contributed by atoms with Crippen LogP contribution >= 0.6 is 19.4 Å². The molecule has 1 atom stereocenters. The van der Waals surface area contributed by atoms with Crippen molar-refractivity contribution in [3.8, 4) is 5.75 Å². The predicted molar refractivity (Wildman–Crippen MR) is 198 cm³/mol. The van der Waals surface area contributed by atoms with Gasteiger partial charge in [-0.15, -0.1) is 0 Å². The number of para-hydroxylation sites is 1. The fourth-order valence-electron chi connectivity index (χ4n) is 6.37. The third kappa shape index (κ3) is 10.6. The molecule has 5 nitrogen and oxygen atoms in total. The molecule has 1 unspecified atom stereocenters. The first-order valence-corrected chi connectivity index (χ1v) is 24.0. The van der Waals surface area contributed by atoms with E-state index in [-0.39, 0.29) is 0 Å². The molecule has 46 heavy (non-hydrogen) atoms. The van der Waals surface area contributed by atoms with E-state index in [1.54, 1.807) is 14.2 Å². The van der Waals surface area contributed by atoms with Crippen molar-refractivity contribution in [2.75, 3.05) is 37.2 Å². The summed E-state index contributed by atoms with van der Waals surface area (Å²) < 4.78 is 18.9. The van der Waals surface area contributed by atoms with Crippen LogP contribution in [0.25, 0.3) is 0 Å². The van der Waals surface area contributed by atoms with Gasteiger partial charge in [0.2, 0.25) is 0 Å². The molecule has 4 rings (SSSR count). The van der Waals surface area contributed by atoms with Gasteiger partial charge in [0.25, 0.3) is 0 Å². The van der Waals surface area contributed by atoms with Gasteiger partial charge in [0, 0.05) is 38.2 Å². The Morgan fingerprint density at radius 1 is 0.891 bits per heavy atom. The second-order valence-electron chi connectivity index (χ2n) is 12.5. The molecule has 0 amide bonds. The van der Waals surface area contributed by atoms with Crippen LogP contribution in [-0.2, 0) is 22.4 Å². The van der Waals surface area contributed by atoms with Gasteiger partial charge in [0.05, 0.1) is 0 Å². The zero-order chi connectivity index (χ0) is 34.0. The smallest absolute Gasteiger partial charge is 0.334 e. The molecular formula is C37H53Cl2N2O3RuSi-. The van der Waals surface area contributed by atoms with Gasteiger partial charge in [-0.1, -0.05) is 35.4 Å². The third-order valence-corrected chi connectivity index (χ3v) is 13.3. The molecule has 256 valence electrons. The molecular weight excluding hydrogens is 720 g/mol. The Morgan fingerprint density at radius 2 is 1.43 bits per heavy atom. The number of hydrogen-bond donors (Lipinski definition) is 0. The SMILES string of the molecule is CCCOc1ccccc1[CH]=[Ru]([Cl])[Cl].CO[Si](C)(CCCC1CN(c2c(C)cc(C)cc2C)[CH-]N1c1c(C)cc(C)cc1C)OC. The van der Waals surface area contributed by atoms with Crippen molar-refractivity contribution in [2.45, 2.75) is 86.4 Å². The first-order chi connectivity index (χ1) is 21.8. The van der Waals surface area contributed by atoms with Crippen LogP contribution in [0, 0.1) is 48.2 Å². The molecule has 0 spiro atoms. The van der Waals surface area contributed by atoms with E-state index in [0.29, 0.717) is 6.04 Å². The second kappa shape index (κ2) is 18.1. The number of rotatable bonds is 12. The third-order valence-electron chi connectivity index (χ3n) is 8.48. The van der Waals surface area contributed by atoms with Gasteiger partial charge in [-0.3, -0.25) is 0 Å². The van der Waals surface area contributed by atoms with Gasteiger partial charge in [-0.25, -0.2) is 0 Å². The number of anilines is 2. The maximum atomic E-state index is 5.82. The van der Waals surface area contributed by atoms with E-state index in [2.05, 4.69) is 95.7 Å². The molecule has 0 radical (unpaired) electrons. The average Bonchev–Trinajstić information content (AvgIpc) is 3.38. The number of halogens is 2. The largest absolute Gasteiger partial charge is 0.501 e. The fourth-order valence-corrected chi connectivity index (χ4v) is 9.60. The Bertz CT molecular complexity index is 1430. The Hall–Kier alpha value is -1.73. The van der Waals surface area contributed by atoms with Crippen molar-refractivity contribution >= 4 is 43.9 Å². The first kappa shape index (κ1) is 38.7. The van der Waals surface area contributed by atoms with Crippen molar-refractivity contribution in [1.82, 2.24) is 0 Å². The zero-order valence-electron chi connectivity index (χ0n) is 29.3. The fraction of sp³-hybridized carbons (Fsp3) is 0.459. The molecule has 3 aromatic rings. The minimum Gasteiger partial charge on any atom is -0.501 e. The maximum Gasteiger partial charge on any atom is 0.334 e. The van der Waals surface area contributed by atoms with E-state index in [1.807, 2.05) is 28.9 Å². The number of ether oxygens (including phenoxy) is 1. The van der Waals surface area contributed by atoms with E-state index in [4.69, 9.17) is 33.0 Å². The van der Waals surface area contributed by atoms with Crippen LogP contribution < -0.4 is 14.5 Å². The quantitative estimate of drug-likeness (QED) is 0.135. The van der Waals surface area contributed by atoms with Crippen molar-refractivity contribution < 1.29 is 27.1 Å². The molecule has 0 bridgehead atoms. The molecule has 9 heteroatoms. The van der Waals surface area contributed by atoms with Crippen LogP contribution in [0.4, 0.5) is 11.4 Å². The van der Waals surface area contributed by atoms with Crippen LogP contribution in [0.15, 0.2) is 48.5 Å². The number of aryl methyl sites for hydroxylation is 6. The summed E-state index contributed by atoms with van der Waals surface area (Å²) in [5.74, 6) is 0.870. The average molecular weight is 774 g/mol. The standard InChI is InChI=1S/C27H41N2O2Si.C10H12O.2ClH.Ru/c1-19-13-21(3)26(22(4)14-19)28-17-25(11-10-12-32(9,30-7)31-8)29(18-28)27-23(5)15-20(2)16-24(27)6;1-3-8-11-10-7-5-4-6-9(10)2;;;/h13-16,18,25H,10-12,17H2,1-9H3;2,4-7H,3,8H2,1H3;2*1H;/q-1;;;;+2/p-2. The topological polar surface area (TPSA) is 34.2 Å². The van der Waals surface area contributed by atoms with Gasteiger partial charge < -0.3 is 18.7 Å². The minimum atomic E-state index is -2.05. The molecule has 0 N–H and O–H groups in total. The molecule has 0 saturated carbocycles. The summed E-state index contributed by atoms with van der Waals surface area (Å²) in [6.45, 7) is 21.6. The summed E-state index contributed by atoms with van der Waals surface area (Å²) >= 11 is -1.76. The van der Waals surface area contributed by atoms with Gasteiger partial charge in [0.1, 0.15) is 0 Å². The molecule has 1 heterocycles. The van der Waals surface area contributed by atoms with Crippen molar-refractivity contribution in [3.63, 3.8) is 0 Å². The monoisotopic (exact) mass is 773 g/mol. The van der Waals surface area contributed by atoms with Crippen LogP contribution in [0.2, 0.25) is 12.6 Å². The van der Waals surface area contributed by atoms with E-state index >= 15 is 0 Å². The Kier molecular flexibility index (Phi) is 15.3. The van der Waals surface area contributed by atoms with E-state index in [0.717, 1.165) is 49.8 Å². The summed E-state index contributed by atoms with van der Waals surface area (Å²) in [5.41, 5.74) is 11.7. The number of nitrogens with zero attached hydrogens (tertiary/aromatic N) is 2. The van der Waals surface area contributed by atoms with Crippen LogP contribution in [0.5, 0.6) is 5.75 Å². The molecule has 1 saturated heterocycles. The van der Waals surface area contributed by atoms with Crippen LogP contribution in [-0.4, -0.2) is 46.6 Å². The summed E-state index contributed by atoms with van der Waals surface area (Å²) in [7, 11) is 13.2.